The van der Waals surface area contributed by atoms with Crippen LogP contribution in [0.25, 0.3) is 0 Å². The third-order valence-electron chi connectivity index (χ3n) is 2.38. The second-order valence-electron chi connectivity index (χ2n) is 3.38. The molecule has 0 unspecified atom stereocenters. The number of rotatable bonds is 1. The molecule has 1 aromatic carbocycles. The van der Waals surface area contributed by atoms with Crippen LogP contribution in [0.1, 0.15) is 11.6 Å². The highest BCUT2D eigenvalue weighted by molar-refractivity contribution is 9.10. The van der Waals surface area contributed by atoms with Gasteiger partial charge in [0.05, 0.1) is 0 Å². The van der Waals surface area contributed by atoms with Gasteiger partial charge in [-0.1, -0.05) is 22.0 Å². The SMILES string of the molecule is Fc1ccc([C@H]2CNCCN2)c(Br)c1. The summed E-state index contributed by atoms with van der Waals surface area (Å²) in [5.41, 5.74) is 1.11. The van der Waals surface area contributed by atoms with Crippen molar-refractivity contribution in [3.05, 3.63) is 34.1 Å². The standard InChI is InChI=1S/C10H12BrFN2/c11-9-5-7(12)1-2-8(9)10-6-13-3-4-14-10/h1-2,5,10,13-14H,3-4,6H2/t10-/m1/s1. The summed E-state index contributed by atoms with van der Waals surface area (Å²) in [6, 6.07) is 5.10. The van der Waals surface area contributed by atoms with Gasteiger partial charge in [0.2, 0.25) is 0 Å². The van der Waals surface area contributed by atoms with Gasteiger partial charge in [-0.05, 0) is 17.7 Å². The Labute approximate surface area is 91.0 Å². The summed E-state index contributed by atoms with van der Waals surface area (Å²) < 4.78 is 13.7. The molecule has 0 amide bonds. The molecule has 0 aliphatic carbocycles. The Kier molecular flexibility index (Phi) is 3.15. The van der Waals surface area contributed by atoms with Gasteiger partial charge < -0.3 is 10.6 Å². The Morgan fingerprint density at radius 1 is 1.36 bits per heavy atom. The predicted molar refractivity (Wildman–Crippen MR) is 57.7 cm³/mol. The number of piperazine rings is 1. The van der Waals surface area contributed by atoms with Gasteiger partial charge in [0, 0.05) is 30.1 Å². The topological polar surface area (TPSA) is 24.1 Å². The zero-order valence-electron chi connectivity index (χ0n) is 7.69. The molecule has 14 heavy (non-hydrogen) atoms. The van der Waals surface area contributed by atoms with Crippen LogP contribution in [-0.2, 0) is 0 Å². The molecule has 76 valence electrons. The van der Waals surface area contributed by atoms with Crippen LogP contribution in [-0.4, -0.2) is 19.6 Å². The molecule has 1 atom stereocenters. The number of halogens is 2. The van der Waals surface area contributed by atoms with Gasteiger partial charge in [0.15, 0.2) is 0 Å². The van der Waals surface area contributed by atoms with Gasteiger partial charge in [-0.3, -0.25) is 0 Å². The Morgan fingerprint density at radius 3 is 2.86 bits per heavy atom. The summed E-state index contributed by atoms with van der Waals surface area (Å²) in [4.78, 5) is 0. The van der Waals surface area contributed by atoms with Crippen LogP contribution in [0.3, 0.4) is 0 Å². The molecule has 0 saturated carbocycles. The van der Waals surface area contributed by atoms with Gasteiger partial charge >= 0.3 is 0 Å². The lowest BCUT2D eigenvalue weighted by atomic mass is 10.1. The van der Waals surface area contributed by atoms with Gasteiger partial charge in [0.25, 0.3) is 0 Å². The number of hydrogen-bond donors (Lipinski definition) is 2. The molecular formula is C10H12BrFN2. The Hall–Kier alpha value is -0.450. The van der Waals surface area contributed by atoms with Crippen LogP contribution < -0.4 is 10.6 Å². The van der Waals surface area contributed by atoms with Crippen molar-refractivity contribution in [3.63, 3.8) is 0 Å². The molecule has 1 aliphatic rings. The fourth-order valence-electron chi connectivity index (χ4n) is 1.66. The highest BCUT2D eigenvalue weighted by Crippen LogP contribution is 2.24. The van der Waals surface area contributed by atoms with E-state index in [0.717, 1.165) is 29.7 Å². The first-order valence-corrected chi connectivity index (χ1v) is 5.46. The minimum atomic E-state index is -0.204. The fourth-order valence-corrected chi connectivity index (χ4v) is 2.28. The van der Waals surface area contributed by atoms with Crippen molar-refractivity contribution in [2.45, 2.75) is 6.04 Å². The monoisotopic (exact) mass is 258 g/mol. The van der Waals surface area contributed by atoms with Crippen molar-refractivity contribution in [1.29, 1.82) is 0 Å². The minimum Gasteiger partial charge on any atom is -0.314 e. The summed E-state index contributed by atoms with van der Waals surface area (Å²) in [5, 5.41) is 6.68. The minimum absolute atomic E-state index is 0.204. The van der Waals surface area contributed by atoms with Crippen LogP contribution in [0.2, 0.25) is 0 Å². The maximum atomic E-state index is 12.8. The van der Waals surface area contributed by atoms with Crippen molar-refractivity contribution >= 4 is 15.9 Å². The van der Waals surface area contributed by atoms with Gasteiger partial charge in [-0.15, -0.1) is 0 Å². The molecule has 1 heterocycles. The molecule has 2 rings (SSSR count). The Balaban J connectivity index is 2.22. The van der Waals surface area contributed by atoms with Crippen molar-refractivity contribution in [2.24, 2.45) is 0 Å². The van der Waals surface area contributed by atoms with E-state index in [9.17, 15) is 4.39 Å². The summed E-state index contributed by atoms with van der Waals surface area (Å²) in [5.74, 6) is -0.204. The Morgan fingerprint density at radius 2 is 2.21 bits per heavy atom. The lowest BCUT2D eigenvalue weighted by Crippen LogP contribution is -2.42. The lowest BCUT2D eigenvalue weighted by molar-refractivity contribution is 0.428. The third kappa shape index (κ3) is 2.13. The lowest BCUT2D eigenvalue weighted by Gasteiger charge is -2.25. The average Bonchev–Trinajstić information content (AvgIpc) is 2.19. The quantitative estimate of drug-likeness (QED) is 0.803. The molecule has 2 N–H and O–H groups in total. The second kappa shape index (κ2) is 4.38. The van der Waals surface area contributed by atoms with E-state index in [4.69, 9.17) is 0 Å². The largest absolute Gasteiger partial charge is 0.314 e. The summed E-state index contributed by atoms with van der Waals surface area (Å²) in [6.07, 6.45) is 0. The summed E-state index contributed by atoms with van der Waals surface area (Å²) >= 11 is 3.37. The second-order valence-corrected chi connectivity index (χ2v) is 4.23. The highest BCUT2D eigenvalue weighted by Gasteiger charge is 2.16. The first-order chi connectivity index (χ1) is 6.77. The van der Waals surface area contributed by atoms with E-state index in [2.05, 4.69) is 26.6 Å². The number of nitrogens with one attached hydrogen (secondary N) is 2. The van der Waals surface area contributed by atoms with Crippen molar-refractivity contribution in [1.82, 2.24) is 10.6 Å². The van der Waals surface area contributed by atoms with Gasteiger partial charge in [-0.25, -0.2) is 4.39 Å². The molecule has 0 radical (unpaired) electrons. The molecule has 2 nitrogen and oxygen atoms in total. The van der Waals surface area contributed by atoms with E-state index >= 15 is 0 Å². The zero-order chi connectivity index (χ0) is 9.97. The Bertz CT molecular complexity index is 324. The van der Waals surface area contributed by atoms with E-state index in [-0.39, 0.29) is 11.9 Å². The maximum Gasteiger partial charge on any atom is 0.124 e. The molecule has 1 saturated heterocycles. The van der Waals surface area contributed by atoms with Crippen molar-refractivity contribution in [3.8, 4) is 0 Å². The maximum absolute atomic E-state index is 12.8. The molecule has 1 fully saturated rings. The van der Waals surface area contributed by atoms with E-state index in [1.54, 1.807) is 0 Å². The number of benzene rings is 1. The van der Waals surface area contributed by atoms with Crippen LogP contribution in [0, 0.1) is 5.82 Å². The summed E-state index contributed by atoms with van der Waals surface area (Å²) in [6.45, 7) is 2.84. The first-order valence-electron chi connectivity index (χ1n) is 4.66. The molecule has 0 bridgehead atoms. The molecule has 0 aromatic heterocycles. The zero-order valence-corrected chi connectivity index (χ0v) is 9.27. The molecular weight excluding hydrogens is 247 g/mol. The van der Waals surface area contributed by atoms with E-state index in [0.29, 0.717) is 0 Å². The fraction of sp³-hybridized carbons (Fsp3) is 0.400. The van der Waals surface area contributed by atoms with Crippen LogP contribution >= 0.6 is 15.9 Å². The molecule has 4 heteroatoms. The van der Waals surface area contributed by atoms with Gasteiger partial charge in [0.1, 0.15) is 5.82 Å². The normalized spacial score (nSPS) is 22.3. The number of hydrogen-bond acceptors (Lipinski definition) is 2. The van der Waals surface area contributed by atoms with E-state index in [1.807, 2.05) is 6.07 Å². The van der Waals surface area contributed by atoms with Crippen molar-refractivity contribution in [2.75, 3.05) is 19.6 Å². The van der Waals surface area contributed by atoms with Gasteiger partial charge in [-0.2, -0.15) is 0 Å². The molecule has 1 aromatic rings. The summed E-state index contributed by atoms with van der Waals surface area (Å²) in [7, 11) is 0. The van der Waals surface area contributed by atoms with Crippen LogP contribution in [0.5, 0.6) is 0 Å². The van der Waals surface area contributed by atoms with E-state index < -0.39 is 0 Å². The third-order valence-corrected chi connectivity index (χ3v) is 3.07. The van der Waals surface area contributed by atoms with Crippen LogP contribution in [0.15, 0.2) is 22.7 Å². The first kappa shape index (κ1) is 10.1. The van der Waals surface area contributed by atoms with E-state index in [1.165, 1.54) is 12.1 Å². The van der Waals surface area contributed by atoms with Crippen molar-refractivity contribution < 1.29 is 4.39 Å². The predicted octanol–water partition coefficient (Wildman–Crippen LogP) is 1.82. The molecule has 0 spiro atoms. The van der Waals surface area contributed by atoms with Crippen LogP contribution in [0.4, 0.5) is 4.39 Å². The molecule has 1 aliphatic heterocycles. The highest BCUT2D eigenvalue weighted by atomic mass is 79.9. The smallest absolute Gasteiger partial charge is 0.124 e. The average molecular weight is 259 g/mol.